The van der Waals surface area contributed by atoms with Crippen molar-refractivity contribution in [3.05, 3.63) is 119 Å². The molecule has 0 spiro atoms. The molecule has 5 rings (SSSR count). The molecule has 2 amide bonds. The third-order valence-electron chi connectivity index (χ3n) is 8.46. The summed E-state index contributed by atoms with van der Waals surface area (Å²) in [6.07, 6.45) is 3.44. The van der Waals surface area contributed by atoms with Gasteiger partial charge in [0.2, 0.25) is 17.5 Å². The molecule has 1 atom stereocenters. The molecule has 0 bridgehead atoms. The fraction of sp³-hybridized carbons (Fsp3) is 0.378. The number of ether oxygens (including phenoxy) is 1. The van der Waals surface area contributed by atoms with Crippen LogP contribution in [0.1, 0.15) is 69.2 Å². The van der Waals surface area contributed by atoms with Gasteiger partial charge in [-0.3, -0.25) is 14.5 Å². The molecule has 11 nitrogen and oxygen atoms in total. The second-order valence-corrected chi connectivity index (χ2v) is 12.0. The number of rotatable bonds is 16. The number of hydrogen-bond donors (Lipinski definition) is 2. The molecule has 3 N–H and O–H groups in total. The second kappa shape index (κ2) is 17.9. The lowest BCUT2D eigenvalue weighted by Gasteiger charge is -2.34. The number of hydrogen-bond acceptors (Lipinski definition) is 9. The SMILES string of the molecule is NCCCCC(NC(=O)OCc1ccccc1)C(=O)c1noc(Cc2ccc(C(=O)N3CCN(CCCc4ccccc4)CC3)cc2)n1. The van der Waals surface area contributed by atoms with E-state index in [4.69, 9.17) is 15.0 Å². The fourth-order valence-electron chi connectivity index (χ4n) is 5.70. The summed E-state index contributed by atoms with van der Waals surface area (Å²) in [5, 5.41) is 6.54. The van der Waals surface area contributed by atoms with Crippen molar-refractivity contribution in [2.45, 2.75) is 51.2 Å². The first-order valence-corrected chi connectivity index (χ1v) is 16.7. The van der Waals surface area contributed by atoms with E-state index in [1.165, 1.54) is 5.56 Å². The number of carbonyl (C=O) groups excluding carboxylic acids is 3. The molecule has 1 saturated heterocycles. The van der Waals surface area contributed by atoms with Gasteiger partial charge in [0.05, 0.1) is 12.5 Å². The maximum atomic E-state index is 13.3. The number of unbranched alkanes of at least 4 members (excludes halogenated alkanes) is 1. The number of carbonyl (C=O) groups is 3. The zero-order valence-electron chi connectivity index (χ0n) is 27.3. The normalized spacial score (nSPS) is 14.0. The highest BCUT2D eigenvalue weighted by Crippen LogP contribution is 2.15. The van der Waals surface area contributed by atoms with E-state index in [2.05, 4.69) is 44.6 Å². The number of nitrogens with zero attached hydrogens (tertiary/aromatic N) is 4. The third-order valence-corrected chi connectivity index (χ3v) is 8.46. The predicted octanol–water partition coefficient (Wildman–Crippen LogP) is 4.66. The van der Waals surface area contributed by atoms with Crippen molar-refractivity contribution in [1.82, 2.24) is 25.3 Å². The van der Waals surface area contributed by atoms with Gasteiger partial charge in [-0.15, -0.1) is 0 Å². The molecule has 48 heavy (non-hydrogen) atoms. The van der Waals surface area contributed by atoms with Crippen LogP contribution >= 0.6 is 0 Å². The lowest BCUT2D eigenvalue weighted by molar-refractivity contribution is 0.0636. The Hall–Kier alpha value is -4.87. The highest BCUT2D eigenvalue weighted by molar-refractivity contribution is 5.98. The zero-order valence-corrected chi connectivity index (χ0v) is 27.3. The van der Waals surface area contributed by atoms with Crippen LogP contribution in [-0.2, 0) is 24.2 Å². The van der Waals surface area contributed by atoms with Gasteiger partial charge < -0.3 is 25.2 Å². The van der Waals surface area contributed by atoms with Gasteiger partial charge in [0.25, 0.3) is 5.91 Å². The smallest absolute Gasteiger partial charge is 0.408 e. The lowest BCUT2D eigenvalue weighted by atomic mass is 10.0. The third kappa shape index (κ3) is 10.3. The zero-order chi connectivity index (χ0) is 33.6. The monoisotopic (exact) mass is 652 g/mol. The molecule has 1 unspecified atom stereocenters. The molecule has 1 fully saturated rings. The van der Waals surface area contributed by atoms with Crippen molar-refractivity contribution >= 4 is 17.8 Å². The Labute approximate surface area is 281 Å². The van der Waals surface area contributed by atoms with Gasteiger partial charge in [-0.2, -0.15) is 4.98 Å². The van der Waals surface area contributed by atoms with Crippen LogP contribution in [-0.4, -0.2) is 83.0 Å². The maximum Gasteiger partial charge on any atom is 0.408 e. The average Bonchev–Trinajstić information content (AvgIpc) is 3.60. The molecule has 0 saturated carbocycles. The number of piperazine rings is 1. The summed E-state index contributed by atoms with van der Waals surface area (Å²) in [7, 11) is 0. The Morgan fingerprint density at radius 2 is 1.52 bits per heavy atom. The van der Waals surface area contributed by atoms with Gasteiger partial charge in [0.1, 0.15) is 6.61 Å². The molecule has 3 aromatic carbocycles. The summed E-state index contributed by atoms with van der Waals surface area (Å²) >= 11 is 0. The van der Waals surface area contributed by atoms with Crippen LogP contribution in [0.5, 0.6) is 0 Å². The maximum absolute atomic E-state index is 13.3. The topological polar surface area (TPSA) is 144 Å². The molecule has 4 aromatic rings. The summed E-state index contributed by atoms with van der Waals surface area (Å²) in [6.45, 7) is 4.74. The van der Waals surface area contributed by atoms with Crippen molar-refractivity contribution in [2.24, 2.45) is 5.73 Å². The van der Waals surface area contributed by atoms with Crippen LogP contribution in [0.15, 0.2) is 89.5 Å². The summed E-state index contributed by atoms with van der Waals surface area (Å²) in [6, 6.07) is 26.3. The molecule has 1 aromatic heterocycles. The van der Waals surface area contributed by atoms with Crippen molar-refractivity contribution < 1.29 is 23.6 Å². The minimum absolute atomic E-state index is 0.0200. The largest absolute Gasteiger partial charge is 0.445 e. The molecule has 0 radical (unpaired) electrons. The minimum Gasteiger partial charge on any atom is -0.445 e. The van der Waals surface area contributed by atoms with Crippen molar-refractivity contribution in [1.29, 1.82) is 0 Å². The molecule has 2 heterocycles. The molecule has 1 aliphatic rings. The van der Waals surface area contributed by atoms with E-state index in [0.29, 0.717) is 50.9 Å². The Balaban J connectivity index is 1.09. The van der Waals surface area contributed by atoms with Crippen LogP contribution in [0, 0.1) is 0 Å². The fourth-order valence-corrected chi connectivity index (χ4v) is 5.70. The Morgan fingerprint density at radius 1 is 0.833 bits per heavy atom. The van der Waals surface area contributed by atoms with Crippen LogP contribution in [0.4, 0.5) is 4.79 Å². The van der Waals surface area contributed by atoms with E-state index in [1.54, 1.807) is 0 Å². The summed E-state index contributed by atoms with van der Waals surface area (Å²) in [5.74, 6) is -0.298. The minimum atomic E-state index is -0.883. The number of aromatic nitrogens is 2. The Kier molecular flexibility index (Phi) is 12.8. The first-order chi connectivity index (χ1) is 23.5. The van der Waals surface area contributed by atoms with Crippen molar-refractivity contribution in [2.75, 3.05) is 39.3 Å². The molecule has 11 heteroatoms. The average molecular weight is 653 g/mol. The van der Waals surface area contributed by atoms with Crippen LogP contribution in [0.2, 0.25) is 0 Å². The standard InChI is InChI=1S/C37H44N6O5/c38-20-8-7-15-32(39-37(46)47-27-30-12-5-2-6-13-30)34(44)35-40-33(48-41-35)26-29-16-18-31(19-17-29)36(45)43-24-22-42(23-25-43)21-9-14-28-10-3-1-4-11-28/h1-6,10-13,16-19,32H,7-9,14-15,20-27,38H2,(H,39,46). The summed E-state index contributed by atoms with van der Waals surface area (Å²) < 4.78 is 10.7. The Bertz CT molecular complexity index is 1590. The Morgan fingerprint density at radius 3 is 2.21 bits per heavy atom. The van der Waals surface area contributed by atoms with E-state index in [9.17, 15) is 14.4 Å². The van der Waals surface area contributed by atoms with E-state index < -0.39 is 17.9 Å². The van der Waals surface area contributed by atoms with Gasteiger partial charge in [0, 0.05) is 31.7 Å². The summed E-state index contributed by atoms with van der Waals surface area (Å²) in [5.41, 5.74) is 9.31. The predicted molar refractivity (Wildman–Crippen MR) is 181 cm³/mol. The van der Waals surface area contributed by atoms with Crippen LogP contribution in [0.3, 0.4) is 0 Å². The van der Waals surface area contributed by atoms with Gasteiger partial charge in [-0.25, -0.2) is 4.79 Å². The molecule has 1 aliphatic heterocycles. The van der Waals surface area contributed by atoms with E-state index in [-0.39, 0.29) is 24.2 Å². The number of benzene rings is 3. The van der Waals surface area contributed by atoms with E-state index in [0.717, 1.165) is 43.6 Å². The van der Waals surface area contributed by atoms with Crippen molar-refractivity contribution in [3.63, 3.8) is 0 Å². The van der Waals surface area contributed by atoms with E-state index in [1.807, 2.05) is 65.6 Å². The quantitative estimate of drug-likeness (QED) is 0.131. The number of nitrogens with one attached hydrogen (secondary N) is 1. The van der Waals surface area contributed by atoms with Gasteiger partial charge in [0.15, 0.2) is 0 Å². The number of nitrogens with two attached hydrogens (primary N) is 1. The molecular weight excluding hydrogens is 608 g/mol. The lowest BCUT2D eigenvalue weighted by Crippen LogP contribution is -2.48. The van der Waals surface area contributed by atoms with Gasteiger partial charge in [-0.05, 0) is 74.0 Å². The van der Waals surface area contributed by atoms with E-state index >= 15 is 0 Å². The highest BCUT2D eigenvalue weighted by Gasteiger charge is 2.27. The number of alkyl carbamates (subject to hydrolysis) is 1. The first kappa shape index (κ1) is 34.5. The van der Waals surface area contributed by atoms with Gasteiger partial charge >= 0.3 is 6.09 Å². The molecular formula is C37H44N6O5. The van der Waals surface area contributed by atoms with Crippen LogP contribution in [0.25, 0.3) is 0 Å². The van der Waals surface area contributed by atoms with Gasteiger partial charge in [-0.1, -0.05) is 78.0 Å². The second-order valence-electron chi connectivity index (χ2n) is 12.0. The number of Topliss-reactive ketones (excluding diaryl/α,β-unsaturated/α-hetero) is 1. The number of ketones is 1. The number of amides is 2. The molecule has 0 aliphatic carbocycles. The van der Waals surface area contributed by atoms with Crippen LogP contribution < -0.4 is 11.1 Å². The first-order valence-electron chi connectivity index (χ1n) is 16.7. The highest BCUT2D eigenvalue weighted by atomic mass is 16.5. The number of aryl methyl sites for hydroxylation is 1. The molecule has 252 valence electrons. The van der Waals surface area contributed by atoms with Crippen molar-refractivity contribution in [3.8, 4) is 0 Å². The summed E-state index contributed by atoms with van der Waals surface area (Å²) in [4.78, 5) is 47.6.